The highest BCUT2D eigenvalue weighted by atomic mass is 16.5. The monoisotopic (exact) mass is 514 g/mol. The number of ether oxygens (including phenoxy) is 2. The van der Waals surface area contributed by atoms with Gasteiger partial charge in [0.25, 0.3) is 5.91 Å². The van der Waals surface area contributed by atoms with Crippen LogP contribution >= 0.6 is 0 Å². The molecule has 2 N–H and O–H groups in total. The zero-order valence-corrected chi connectivity index (χ0v) is 20.6. The fourth-order valence-corrected chi connectivity index (χ4v) is 4.04. The van der Waals surface area contributed by atoms with Crippen LogP contribution in [0.4, 0.5) is 5.69 Å². The number of nitrogens with zero attached hydrogens (tertiary/aromatic N) is 4. The number of hydrogen-bond acceptors (Lipinski definition) is 7. The van der Waals surface area contributed by atoms with Gasteiger partial charge in [-0.15, -0.1) is 5.10 Å². The predicted octanol–water partition coefficient (Wildman–Crippen LogP) is 6.04. The van der Waals surface area contributed by atoms with Crippen molar-refractivity contribution in [1.29, 1.82) is 0 Å². The number of para-hydroxylation sites is 4. The molecular weight excluding hydrogens is 492 g/mol. The summed E-state index contributed by atoms with van der Waals surface area (Å²) in [7, 11) is 0. The number of benzene rings is 4. The summed E-state index contributed by atoms with van der Waals surface area (Å²) in [6, 6.07) is 33.5. The molecule has 6 aromatic rings. The van der Waals surface area contributed by atoms with Crippen molar-refractivity contribution < 1.29 is 14.3 Å². The van der Waals surface area contributed by atoms with E-state index >= 15 is 0 Å². The number of aromatic nitrogens is 5. The third-order valence-electron chi connectivity index (χ3n) is 6.00. The SMILES string of the molecule is O=C(Nc1ccccc1Oc1ccccc1-c1nnn[nH]1)c1ccc(OCc2ccc3ccccc3n2)cc1. The van der Waals surface area contributed by atoms with Gasteiger partial charge in [-0.25, -0.2) is 10.1 Å². The van der Waals surface area contributed by atoms with E-state index in [2.05, 4.69) is 30.9 Å². The topological polar surface area (TPSA) is 115 Å². The van der Waals surface area contributed by atoms with Crippen LogP contribution in [0.15, 0.2) is 109 Å². The molecule has 0 aliphatic carbocycles. The maximum atomic E-state index is 13.0. The first-order valence-corrected chi connectivity index (χ1v) is 12.2. The van der Waals surface area contributed by atoms with Crippen LogP contribution < -0.4 is 14.8 Å². The Labute approximate surface area is 223 Å². The van der Waals surface area contributed by atoms with E-state index in [-0.39, 0.29) is 5.91 Å². The number of carbonyl (C=O) groups excluding carboxylic acids is 1. The highest BCUT2D eigenvalue weighted by molar-refractivity contribution is 6.05. The molecule has 0 bridgehead atoms. The second-order valence-electron chi connectivity index (χ2n) is 8.61. The van der Waals surface area contributed by atoms with Gasteiger partial charge in [0.15, 0.2) is 11.6 Å². The second kappa shape index (κ2) is 10.8. The Balaban J connectivity index is 1.13. The zero-order valence-electron chi connectivity index (χ0n) is 20.6. The van der Waals surface area contributed by atoms with Crippen molar-refractivity contribution in [2.45, 2.75) is 6.61 Å². The van der Waals surface area contributed by atoms with E-state index in [0.717, 1.165) is 16.6 Å². The highest BCUT2D eigenvalue weighted by Crippen LogP contribution is 2.34. The van der Waals surface area contributed by atoms with Crippen LogP contribution in [0, 0.1) is 0 Å². The molecule has 9 nitrogen and oxygen atoms in total. The van der Waals surface area contributed by atoms with Crippen LogP contribution in [-0.2, 0) is 6.61 Å². The molecule has 0 unspecified atom stereocenters. The molecule has 190 valence electrons. The maximum absolute atomic E-state index is 13.0. The molecule has 2 aromatic heterocycles. The lowest BCUT2D eigenvalue weighted by Crippen LogP contribution is -2.12. The average Bonchev–Trinajstić information content (AvgIpc) is 3.52. The van der Waals surface area contributed by atoms with Crippen molar-refractivity contribution in [3.63, 3.8) is 0 Å². The second-order valence-corrected chi connectivity index (χ2v) is 8.61. The van der Waals surface area contributed by atoms with Gasteiger partial charge in [0, 0.05) is 10.9 Å². The lowest BCUT2D eigenvalue weighted by atomic mass is 10.2. The third kappa shape index (κ3) is 5.42. The number of amides is 1. The Morgan fingerprint density at radius 3 is 2.41 bits per heavy atom. The smallest absolute Gasteiger partial charge is 0.255 e. The van der Waals surface area contributed by atoms with Crippen molar-refractivity contribution in [3.05, 3.63) is 120 Å². The first kappa shape index (κ1) is 23.8. The van der Waals surface area contributed by atoms with E-state index in [0.29, 0.717) is 46.5 Å². The number of carbonyl (C=O) groups is 1. The Kier molecular flexibility index (Phi) is 6.60. The molecule has 1 amide bonds. The summed E-state index contributed by atoms with van der Waals surface area (Å²) in [6.45, 7) is 0.326. The van der Waals surface area contributed by atoms with Crippen LogP contribution in [0.1, 0.15) is 16.1 Å². The number of hydrogen-bond donors (Lipinski definition) is 2. The first-order valence-electron chi connectivity index (χ1n) is 12.2. The Hall–Kier alpha value is -5.57. The van der Waals surface area contributed by atoms with Gasteiger partial charge < -0.3 is 14.8 Å². The molecule has 6 rings (SSSR count). The van der Waals surface area contributed by atoms with Crippen LogP contribution in [0.25, 0.3) is 22.3 Å². The number of rotatable bonds is 8. The molecule has 0 saturated carbocycles. The quantitative estimate of drug-likeness (QED) is 0.254. The first-order chi connectivity index (χ1) is 19.2. The molecule has 0 aliphatic rings. The fraction of sp³-hybridized carbons (Fsp3) is 0.0333. The van der Waals surface area contributed by atoms with E-state index in [1.165, 1.54) is 0 Å². The van der Waals surface area contributed by atoms with Crippen LogP contribution in [0.3, 0.4) is 0 Å². The largest absolute Gasteiger partial charge is 0.487 e. The lowest BCUT2D eigenvalue weighted by Gasteiger charge is -2.14. The van der Waals surface area contributed by atoms with Gasteiger partial charge in [-0.2, -0.15) is 0 Å². The van der Waals surface area contributed by atoms with E-state index in [1.54, 1.807) is 36.4 Å². The van der Waals surface area contributed by atoms with Crippen molar-refractivity contribution in [1.82, 2.24) is 25.6 Å². The summed E-state index contributed by atoms with van der Waals surface area (Å²) in [5.74, 6) is 1.87. The van der Waals surface area contributed by atoms with Gasteiger partial charge in [0.2, 0.25) is 0 Å². The summed E-state index contributed by atoms with van der Waals surface area (Å²) in [5, 5.41) is 18.0. The van der Waals surface area contributed by atoms with Gasteiger partial charge in [0.1, 0.15) is 18.1 Å². The molecular formula is C30H22N6O3. The summed E-state index contributed by atoms with van der Waals surface area (Å²) < 4.78 is 12.1. The number of nitrogens with one attached hydrogen (secondary N) is 2. The molecule has 2 heterocycles. The number of aromatic amines is 1. The number of tetrazole rings is 1. The molecule has 0 aliphatic heterocycles. The number of H-pyrrole nitrogens is 1. The van der Waals surface area contributed by atoms with Gasteiger partial charge in [-0.1, -0.05) is 48.5 Å². The summed E-state index contributed by atoms with van der Waals surface area (Å²) in [4.78, 5) is 17.7. The summed E-state index contributed by atoms with van der Waals surface area (Å²) in [6.07, 6.45) is 0. The Morgan fingerprint density at radius 1 is 0.795 bits per heavy atom. The molecule has 0 saturated heterocycles. The minimum Gasteiger partial charge on any atom is -0.487 e. The van der Waals surface area contributed by atoms with Crippen molar-refractivity contribution in [2.24, 2.45) is 0 Å². The maximum Gasteiger partial charge on any atom is 0.255 e. The number of anilines is 1. The normalized spacial score (nSPS) is 10.8. The average molecular weight is 515 g/mol. The van der Waals surface area contributed by atoms with Gasteiger partial charge in [0.05, 0.1) is 22.5 Å². The molecule has 0 atom stereocenters. The summed E-state index contributed by atoms with van der Waals surface area (Å²) in [5.41, 5.74) is 3.45. The van der Waals surface area contributed by atoms with E-state index in [9.17, 15) is 4.79 Å². The molecule has 0 fully saturated rings. The van der Waals surface area contributed by atoms with Crippen LogP contribution in [0.2, 0.25) is 0 Å². The summed E-state index contributed by atoms with van der Waals surface area (Å²) >= 11 is 0. The minimum atomic E-state index is -0.276. The molecule has 9 heteroatoms. The molecule has 0 radical (unpaired) electrons. The predicted molar refractivity (Wildman–Crippen MR) is 147 cm³/mol. The lowest BCUT2D eigenvalue weighted by molar-refractivity contribution is 0.102. The van der Waals surface area contributed by atoms with Gasteiger partial charge in [-0.05, 0) is 71.1 Å². The van der Waals surface area contributed by atoms with Crippen molar-refractivity contribution >= 4 is 22.5 Å². The standard InChI is InChI=1S/C30H22N6O3/c37-30(21-14-17-23(18-15-21)38-19-22-16-13-20-7-1-3-9-25(20)31-22)32-26-10-4-6-12-28(26)39-27-11-5-2-8-24(27)29-33-35-36-34-29/h1-18H,19H2,(H,32,37)(H,33,34,35,36). The minimum absolute atomic E-state index is 0.276. The Morgan fingerprint density at radius 2 is 1.56 bits per heavy atom. The van der Waals surface area contributed by atoms with Gasteiger partial charge in [-0.3, -0.25) is 4.79 Å². The van der Waals surface area contributed by atoms with Crippen molar-refractivity contribution in [3.8, 4) is 28.6 Å². The molecule has 0 spiro atoms. The number of fused-ring (bicyclic) bond motifs is 1. The molecule has 4 aromatic carbocycles. The van der Waals surface area contributed by atoms with Crippen LogP contribution in [0.5, 0.6) is 17.2 Å². The number of pyridine rings is 1. The highest BCUT2D eigenvalue weighted by Gasteiger charge is 2.14. The zero-order chi connectivity index (χ0) is 26.4. The van der Waals surface area contributed by atoms with E-state index in [1.807, 2.05) is 72.8 Å². The third-order valence-corrected chi connectivity index (χ3v) is 6.00. The van der Waals surface area contributed by atoms with E-state index in [4.69, 9.17) is 9.47 Å². The van der Waals surface area contributed by atoms with Gasteiger partial charge >= 0.3 is 0 Å². The van der Waals surface area contributed by atoms with Crippen LogP contribution in [-0.4, -0.2) is 31.5 Å². The Bertz CT molecular complexity index is 1740. The fourth-order valence-electron chi connectivity index (χ4n) is 4.04. The molecule has 39 heavy (non-hydrogen) atoms. The van der Waals surface area contributed by atoms with Crippen molar-refractivity contribution in [2.75, 3.05) is 5.32 Å². The van der Waals surface area contributed by atoms with E-state index < -0.39 is 0 Å².